The summed E-state index contributed by atoms with van der Waals surface area (Å²) < 4.78 is 44.2. The lowest BCUT2D eigenvalue weighted by Gasteiger charge is -2.34. The van der Waals surface area contributed by atoms with Crippen LogP contribution in [0.3, 0.4) is 0 Å². The SMILES string of the molecule is Cc1ccc(S(=O)(=O)NCc2ccco2)cc1C(=O)N1CCC(C2OCCO2)CC1. The standard InChI is InChI=1S/C21H26N2O6S/c1-15-4-5-18(30(25,26)22-14-17-3-2-10-27-17)13-19(15)20(24)23-8-6-16(7-9-23)21-28-11-12-29-21/h2-5,10,13,16,21-22H,6-9,11-12,14H2,1H3. The number of furan rings is 1. The van der Waals surface area contributed by atoms with E-state index < -0.39 is 10.0 Å². The predicted molar refractivity (Wildman–Crippen MR) is 108 cm³/mol. The average Bonchev–Trinajstić information content (AvgIpc) is 3.46. The first-order valence-corrected chi connectivity index (χ1v) is 11.6. The third-order valence-corrected chi connectivity index (χ3v) is 7.02. The Morgan fingerprint density at radius 2 is 1.90 bits per heavy atom. The summed E-state index contributed by atoms with van der Waals surface area (Å²) in [6.45, 7) is 4.30. The van der Waals surface area contributed by atoms with Crippen LogP contribution in [0, 0.1) is 12.8 Å². The van der Waals surface area contributed by atoms with Crippen LogP contribution in [0.25, 0.3) is 0 Å². The Hall–Kier alpha value is -2.20. The third kappa shape index (κ3) is 4.59. The van der Waals surface area contributed by atoms with Crippen molar-refractivity contribution in [1.82, 2.24) is 9.62 Å². The highest BCUT2D eigenvalue weighted by Crippen LogP contribution is 2.27. The summed E-state index contributed by atoms with van der Waals surface area (Å²) in [4.78, 5) is 14.9. The van der Waals surface area contributed by atoms with Gasteiger partial charge in [-0.15, -0.1) is 0 Å². The van der Waals surface area contributed by atoms with Gasteiger partial charge in [0, 0.05) is 24.6 Å². The zero-order chi connectivity index (χ0) is 21.1. The quantitative estimate of drug-likeness (QED) is 0.749. The Morgan fingerprint density at radius 1 is 1.17 bits per heavy atom. The monoisotopic (exact) mass is 434 g/mol. The van der Waals surface area contributed by atoms with E-state index in [0.29, 0.717) is 37.6 Å². The lowest BCUT2D eigenvalue weighted by molar-refractivity contribution is -0.0956. The van der Waals surface area contributed by atoms with Gasteiger partial charge in [0.05, 0.1) is 30.9 Å². The van der Waals surface area contributed by atoms with Gasteiger partial charge in [-0.3, -0.25) is 4.79 Å². The van der Waals surface area contributed by atoms with Crippen LogP contribution in [0.2, 0.25) is 0 Å². The summed E-state index contributed by atoms with van der Waals surface area (Å²) in [5, 5.41) is 0. The van der Waals surface area contributed by atoms with Gasteiger partial charge >= 0.3 is 0 Å². The molecule has 0 aliphatic carbocycles. The first-order valence-electron chi connectivity index (χ1n) is 10.1. The fraction of sp³-hybridized carbons (Fsp3) is 0.476. The number of nitrogens with one attached hydrogen (secondary N) is 1. The number of hydrogen-bond donors (Lipinski definition) is 1. The molecule has 9 heteroatoms. The molecule has 4 rings (SSSR count). The van der Waals surface area contributed by atoms with Crippen LogP contribution in [0.15, 0.2) is 45.9 Å². The van der Waals surface area contributed by atoms with Gasteiger partial charge in [-0.25, -0.2) is 13.1 Å². The smallest absolute Gasteiger partial charge is 0.254 e. The van der Waals surface area contributed by atoms with Crippen LogP contribution in [0.1, 0.15) is 34.5 Å². The second-order valence-corrected chi connectivity index (χ2v) is 9.39. The molecule has 8 nitrogen and oxygen atoms in total. The van der Waals surface area contributed by atoms with E-state index in [1.807, 2.05) is 6.92 Å². The Labute approximate surface area is 176 Å². The van der Waals surface area contributed by atoms with Gasteiger partial charge in [-0.05, 0) is 49.6 Å². The maximum atomic E-state index is 13.1. The van der Waals surface area contributed by atoms with E-state index in [1.165, 1.54) is 18.4 Å². The Balaban J connectivity index is 1.44. The number of ether oxygens (including phenoxy) is 2. The lowest BCUT2D eigenvalue weighted by Crippen LogP contribution is -2.41. The molecule has 1 N–H and O–H groups in total. The minimum Gasteiger partial charge on any atom is -0.468 e. The second kappa shape index (κ2) is 8.89. The second-order valence-electron chi connectivity index (χ2n) is 7.62. The zero-order valence-corrected chi connectivity index (χ0v) is 17.7. The van der Waals surface area contributed by atoms with Crippen molar-refractivity contribution in [2.45, 2.75) is 37.5 Å². The van der Waals surface area contributed by atoms with E-state index in [-0.39, 0.29) is 29.6 Å². The van der Waals surface area contributed by atoms with E-state index in [4.69, 9.17) is 13.9 Å². The van der Waals surface area contributed by atoms with Crippen molar-refractivity contribution < 1.29 is 27.1 Å². The molecular formula is C21H26N2O6S. The zero-order valence-electron chi connectivity index (χ0n) is 16.9. The Morgan fingerprint density at radius 3 is 2.57 bits per heavy atom. The molecule has 1 aromatic carbocycles. The maximum absolute atomic E-state index is 13.1. The molecule has 0 radical (unpaired) electrons. The van der Waals surface area contributed by atoms with E-state index in [9.17, 15) is 13.2 Å². The van der Waals surface area contributed by atoms with Crippen molar-refractivity contribution in [2.75, 3.05) is 26.3 Å². The minimum absolute atomic E-state index is 0.0469. The topological polar surface area (TPSA) is 98.1 Å². The largest absolute Gasteiger partial charge is 0.468 e. The molecule has 3 heterocycles. The van der Waals surface area contributed by atoms with Gasteiger partial charge in [0.15, 0.2) is 6.29 Å². The molecule has 0 spiro atoms. The molecule has 2 aliphatic heterocycles. The summed E-state index contributed by atoms with van der Waals surface area (Å²) >= 11 is 0. The van der Waals surface area contributed by atoms with Crippen molar-refractivity contribution in [3.05, 3.63) is 53.5 Å². The molecule has 0 unspecified atom stereocenters. The molecular weight excluding hydrogens is 408 g/mol. The highest BCUT2D eigenvalue weighted by molar-refractivity contribution is 7.89. The minimum atomic E-state index is -3.77. The average molecular weight is 435 g/mol. The molecule has 2 aromatic rings. The van der Waals surface area contributed by atoms with E-state index >= 15 is 0 Å². The number of aryl methyl sites for hydroxylation is 1. The van der Waals surface area contributed by atoms with Crippen molar-refractivity contribution in [2.24, 2.45) is 5.92 Å². The van der Waals surface area contributed by atoms with Crippen LogP contribution < -0.4 is 4.72 Å². The summed E-state index contributed by atoms with van der Waals surface area (Å²) in [5.74, 6) is 0.650. The fourth-order valence-electron chi connectivity index (χ4n) is 3.86. The highest BCUT2D eigenvalue weighted by Gasteiger charge is 2.32. The molecule has 0 bridgehead atoms. The third-order valence-electron chi connectivity index (χ3n) is 5.63. The number of sulfonamides is 1. The number of piperidine rings is 1. The van der Waals surface area contributed by atoms with Crippen LogP contribution in [-0.2, 0) is 26.0 Å². The molecule has 2 fully saturated rings. The summed E-state index contributed by atoms with van der Waals surface area (Å²) in [6, 6.07) is 8.02. The molecule has 1 amide bonds. The van der Waals surface area contributed by atoms with Crippen molar-refractivity contribution >= 4 is 15.9 Å². The van der Waals surface area contributed by atoms with Gasteiger partial charge in [0.25, 0.3) is 5.91 Å². The van der Waals surface area contributed by atoms with Gasteiger partial charge in [-0.1, -0.05) is 6.07 Å². The molecule has 2 aliphatic rings. The van der Waals surface area contributed by atoms with Gasteiger partial charge in [0.1, 0.15) is 5.76 Å². The van der Waals surface area contributed by atoms with Crippen LogP contribution in [0.5, 0.6) is 0 Å². The summed E-state index contributed by atoms with van der Waals surface area (Å²) in [7, 11) is -3.77. The number of rotatable bonds is 6. The molecule has 0 saturated carbocycles. The molecule has 2 saturated heterocycles. The van der Waals surface area contributed by atoms with Crippen LogP contribution >= 0.6 is 0 Å². The first kappa shape index (κ1) is 21.0. The molecule has 162 valence electrons. The lowest BCUT2D eigenvalue weighted by atomic mass is 9.95. The number of nitrogens with zero attached hydrogens (tertiary/aromatic N) is 1. The summed E-state index contributed by atoms with van der Waals surface area (Å²) in [6.07, 6.45) is 2.93. The fourth-order valence-corrected chi connectivity index (χ4v) is 4.87. The van der Waals surface area contributed by atoms with Crippen molar-refractivity contribution in [1.29, 1.82) is 0 Å². The van der Waals surface area contributed by atoms with Gasteiger partial charge in [0.2, 0.25) is 10.0 Å². The maximum Gasteiger partial charge on any atom is 0.254 e. The molecule has 30 heavy (non-hydrogen) atoms. The van der Waals surface area contributed by atoms with Crippen molar-refractivity contribution in [3.63, 3.8) is 0 Å². The normalized spacial score (nSPS) is 18.8. The van der Waals surface area contributed by atoms with Crippen molar-refractivity contribution in [3.8, 4) is 0 Å². The molecule has 0 atom stereocenters. The number of amides is 1. The van der Waals surface area contributed by atoms with E-state index in [1.54, 1.807) is 23.1 Å². The Kier molecular flexibility index (Phi) is 6.24. The predicted octanol–water partition coefficient (Wildman–Crippen LogP) is 2.29. The summed E-state index contributed by atoms with van der Waals surface area (Å²) in [5.41, 5.74) is 1.15. The van der Waals surface area contributed by atoms with Gasteiger partial charge < -0.3 is 18.8 Å². The van der Waals surface area contributed by atoms with Crippen LogP contribution in [0.4, 0.5) is 0 Å². The van der Waals surface area contributed by atoms with Gasteiger partial charge in [-0.2, -0.15) is 0 Å². The van der Waals surface area contributed by atoms with E-state index in [2.05, 4.69) is 4.72 Å². The first-order chi connectivity index (χ1) is 14.4. The molecule has 1 aromatic heterocycles. The number of likely N-dealkylation sites (tertiary alicyclic amines) is 1. The highest BCUT2D eigenvalue weighted by atomic mass is 32.2. The van der Waals surface area contributed by atoms with Crippen LogP contribution in [-0.4, -0.2) is 51.8 Å². The van der Waals surface area contributed by atoms with E-state index in [0.717, 1.165) is 18.4 Å². The Bertz CT molecular complexity index is 975. The number of carbonyl (C=O) groups is 1. The number of carbonyl (C=O) groups excluding carboxylic acids is 1. The number of benzene rings is 1. The number of hydrogen-bond acceptors (Lipinski definition) is 6.